The van der Waals surface area contributed by atoms with Crippen molar-refractivity contribution in [1.82, 2.24) is 0 Å². The van der Waals surface area contributed by atoms with E-state index in [0.717, 1.165) is 6.42 Å². The highest BCUT2D eigenvalue weighted by Gasteiger charge is 2.26. The molecule has 0 N–H and O–H groups in total. The minimum absolute atomic E-state index is 0.954. The second-order valence-electron chi connectivity index (χ2n) is 2.21. The summed E-state index contributed by atoms with van der Waals surface area (Å²) in [4.78, 5) is 0. The number of allylic oxidation sites excluding steroid dienone is 4. The molecule has 0 spiro atoms. The molecule has 0 heterocycles. The van der Waals surface area contributed by atoms with Crippen LogP contribution in [0.2, 0.25) is 6.55 Å². The molecule has 0 radical (unpaired) electrons. The third kappa shape index (κ3) is 1.85. The van der Waals surface area contributed by atoms with Crippen molar-refractivity contribution in [3.63, 3.8) is 0 Å². The van der Waals surface area contributed by atoms with Gasteiger partial charge in [-0.1, -0.05) is 18.2 Å². The van der Waals surface area contributed by atoms with Crippen LogP contribution in [0.25, 0.3) is 0 Å². The molecule has 0 nitrogen and oxygen atoms in total. The van der Waals surface area contributed by atoms with Crippen molar-refractivity contribution in [2.75, 3.05) is 0 Å². The van der Waals surface area contributed by atoms with Crippen LogP contribution in [0.4, 0.5) is 0 Å². The first-order chi connectivity index (χ1) is 4.11. The maximum absolute atomic E-state index is 5.94. The van der Waals surface area contributed by atoms with Gasteiger partial charge in [0.2, 0.25) is 0 Å². The van der Waals surface area contributed by atoms with Crippen molar-refractivity contribution in [3.8, 4) is 0 Å². The molecule has 0 amide bonds. The Hall–Kier alpha value is 0.277. The van der Waals surface area contributed by atoms with Gasteiger partial charge in [-0.25, -0.2) is 0 Å². The van der Waals surface area contributed by atoms with Crippen LogP contribution in [-0.2, 0) is 0 Å². The standard InChI is InChI=1S/C6H8Cl2Si/c1-9(7,8)6-4-2-3-5-6/h2-4H,5H2,1H3. The molecule has 9 heavy (non-hydrogen) atoms. The molecule has 0 atom stereocenters. The summed E-state index contributed by atoms with van der Waals surface area (Å²) in [5.74, 6) is 0. The van der Waals surface area contributed by atoms with Gasteiger partial charge in [0.25, 0.3) is 6.69 Å². The molecule has 0 aromatic rings. The van der Waals surface area contributed by atoms with E-state index in [1.807, 2.05) is 18.7 Å². The lowest BCUT2D eigenvalue weighted by molar-refractivity contribution is 1.39. The topological polar surface area (TPSA) is 0 Å². The maximum Gasteiger partial charge on any atom is 0.274 e. The fourth-order valence-electron chi connectivity index (χ4n) is 0.773. The van der Waals surface area contributed by atoms with Gasteiger partial charge >= 0.3 is 0 Å². The van der Waals surface area contributed by atoms with Crippen molar-refractivity contribution in [2.24, 2.45) is 0 Å². The van der Waals surface area contributed by atoms with Gasteiger partial charge in [-0.05, 0) is 18.2 Å². The van der Waals surface area contributed by atoms with Gasteiger partial charge in [0.1, 0.15) is 0 Å². The third-order valence-electron chi connectivity index (χ3n) is 1.34. The summed E-state index contributed by atoms with van der Waals surface area (Å²) in [6, 6.07) is 0. The number of hydrogen-bond acceptors (Lipinski definition) is 0. The molecule has 0 saturated carbocycles. The first-order valence-corrected chi connectivity index (χ1v) is 7.37. The summed E-state index contributed by atoms with van der Waals surface area (Å²) in [5, 5.41) is 1.21. The van der Waals surface area contributed by atoms with Gasteiger partial charge < -0.3 is 0 Å². The van der Waals surface area contributed by atoms with E-state index in [1.54, 1.807) is 0 Å². The maximum atomic E-state index is 5.94. The van der Waals surface area contributed by atoms with E-state index in [0.29, 0.717) is 0 Å². The molecule has 0 bridgehead atoms. The van der Waals surface area contributed by atoms with Crippen LogP contribution in [0.15, 0.2) is 23.4 Å². The average Bonchev–Trinajstić information content (AvgIpc) is 2.08. The lowest BCUT2D eigenvalue weighted by Crippen LogP contribution is -2.15. The Morgan fingerprint density at radius 2 is 2.22 bits per heavy atom. The minimum atomic E-state index is -1.98. The quantitative estimate of drug-likeness (QED) is 0.428. The molecule has 0 aromatic carbocycles. The highest BCUT2D eigenvalue weighted by Crippen LogP contribution is 2.29. The number of rotatable bonds is 1. The summed E-state index contributed by atoms with van der Waals surface area (Å²) in [7, 11) is 0. The van der Waals surface area contributed by atoms with E-state index in [4.69, 9.17) is 22.2 Å². The zero-order valence-electron chi connectivity index (χ0n) is 5.20. The van der Waals surface area contributed by atoms with Crippen LogP contribution < -0.4 is 0 Å². The van der Waals surface area contributed by atoms with Crippen molar-refractivity contribution in [1.29, 1.82) is 0 Å². The smallest absolute Gasteiger partial charge is 0.140 e. The van der Waals surface area contributed by atoms with Crippen LogP contribution in [-0.4, -0.2) is 6.69 Å². The molecule has 0 saturated heterocycles. The Bertz CT molecular complexity index is 164. The number of halogens is 2. The lowest BCUT2D eigenvalue weighted by atomic mass is 10.5. The van der Waals surface area contributed by atoms with Crippen molar-refractivity contribution >= 4 is 28.9 Å². The SMILES string of the molecule is C[Si](Cl)(Cl)C1=CC=CC1. The van der Waals surface area contributed by atoms with Crippen molar-refractivity contribution in [2.45, 2.75) is 13.0 Å². The van der Waals surface area contributed by atoms with Crippen molar-refractivity contribution in [3.05, 3.63) is 23.4 Å². The molecule has 1 aliphatic rings. The van der Waals surface area contributed by atoms with E-state index in [1.165, 1.54) is 5.20 Å². The van der Waals surface area contributed by atoms with Crippen LogP contribution in [0, 0.1) is 0 Å². The summed E-state index contributed by atoms with van der Waals surface area (Å²) >= 11 is 11.9. The molecule has 1 rings (SSSR count). The van der Waals surface area contributed by atoms with E-state index in [9.17, 15) is 0 Å². The summed E-state index contributed by atoms with van der Waals surface area (Å²) in [6.07, 6.45) is 7.05. The molecular weight excluding hydrogens is 171 g/mol. The van der Waals surface area contributed by atoms with Crippen LogP contribution in [0.3, 0.4) is 0 Å². The third-order valence-corrected chi connectivity index (χ3v) is 4.29. The van der Waals surface area contributed by atoms with Gasteiger partial charge in [-0.2, -0.15) is 0 Å². The predicted molar refractivity (Wildman–Crippen MR) is 45.2 cm³/mol. The molecular formula is C6H8Cl2Si. The Kier molecular flexibility index (Phi) is 2.04. The summed E-state index contributed by atoms with van der Waals surface area (Å²) < 4.78 is 0. The van der Waals surface area contributed by atoms with Crippen LogP contribution >= 0.6 is 22.2 Å². The first kappa shape index (κ1) is 7.38. The number of hydrogen-bond donors (Lipinski definition) is 0. The first-order valence-electron chi connectivity index (χ1n) is 2.85. The normalized spacial score (nSPS) is 18.3. The second-order valence-corrected chi connectivity index (χ2v) is 9.75. The van der Waals surface area contributed by atoms with Gasteiger partial charge in [0.05, 0.1) is 0 Å². The fraction of sp³-hybridized carbons (Fsp3) is 0.333. The Balaban J connectivity index is 2.66. The van der Waals surface area contributed by atoms with E-state index < -0.39 is 6.69 Å². The molecule has 3 heteroatoms. The molecule has 0 fully saturated rings. The zero-order chi connectivity index (χ0) is 6.91. The van der Waals surface area contributed by atoms with E-state index in [2.05, 4.69) is 6.08 Å². The van der Waals surface area contributed by atoms with E-state index >= 15 is 0 Å². The largest absolute Gasteiger partial charge is 0.274 e. The average molecular weight is 179 g/mol. The van der Waals surface area contributed by atoms with Crippen LogP contribution in [0.5, 0.6) is 0 Å². The summed E-state index contributed by atoms with van der Waals surface area (Å²) in [6.45, 7) is -0.0556. The van der Waals surface area contributed by atoms with Gasteiger partial charge in [0.15, 0.2) is 0 Å². The monoisotopic (exact) mass is 178 g/mol. The Morgan fingerprint density at radius 1 is 1.56 bits per heavy atom. The minimum Gasteiger partial charge on any atom is -0.140 e. The van der Waals surface area contributed by atoms with Gasteiger partial charge in [-0.3, -0.25) is 0 Å². The fourth-order valence-corrected chi connectivity index (χ4v) is 2.48. The predicted octanol–water partition coefficient (Wildman–Crippen LogP) is 2.96. The van der Waals surface area contributed by atoms with Gasteiger partial charge in [0, 0.05) is 0 Å². The highest BCUT2D eigenvalue weighted by molar-refractivity contribution is 7.48. The van der Waals surface area contributed by atoms with Crippen LogP contribution in [0.1, 0.15) is 6.42 Å². The van der Waals surface area contributed by atoms with Gasteiger partial charge in [-0.15, -0.1) is 22.2 Å². The highest BCUT2D eigenvalue weighted by atomic mass is 35.7. The lowest BCUT2D eigenvalue weighted by Gasteiger charge is -2.10. The van der Waals surface area contributed by atoms with E-state index in [-0.39, 0.29) is 0 Å². The zero-order valence-corrected chi connectivity index (χ0v) is 7.71. The molecule has 0 aliphatic heterocycles. The molecule has 50 valence electrons. The summed E-state index contributed by atoms with van der Waals surface area (Å²) in [5.41, 5.74) is 0. The Labute approximate surface area is 65.6 Å². The second kappa shape index (κ2) is 2.49. The molecule has 0 unspecified atom stereocenters. The molecule has 1 aliphatic carbocycles. The van der Waals surface area contributed by atoms with Crippen molar-refractivity contribution < 1.29 is 0 Å². The molecule has 0 aromatic heterocycles. The Morgan fingerprint density at radius 3 is 2.44 bits per heavy atom.